The fraction of sp³-hybridized carbons (Fsp3) is 0.867. The maximum absolute atomic E-state index is 9.86. The Bertz CT molecular complexity index is 269. The molecule has 0 bridgehead atoms. The first-order valence-electron chi connectivity index (χ1n) is 7.55. The van der Waals surface area contributed by atoms with Gasteiger partial charge in [0.05, 0.1) is 13.2 Å². The molecule has 0 aromatic rings. The molecule has 0 saturated carbocycles. The summed E-state index contributed by atoms with van der Waals surface area (Å²) in [6, 6.07) is 0. The molecule has 1 fully saturated rings. The highest BCUT2D eigenvalue weighted by Gasteiger charge is 2.38. The molecule has 1 rings (SSSR count). The SMILES string of the molecule is CCC/C=C/CCCCO[C@H]1CO[C@H](CO)[C@@H](O)[C@@H]1O. The summed E-state index contributed by atoms with van der Waals surface area (Å²) in [5.41, 5.74) is 0. The number of allylic oxidation sites excluding steroid dienone is 2. The molecule has 1 heterocycles. The van der Waals surface area contributed by atoms with E-state index in [1.54, 1.807) is 0 Å². The summed E-state index contributed by atoms with van der Waals surface area (Å²) in [6.45, 7) is 2.61. The van der Waals surface area contributed by atoms with Crippen molar-refractivity contribution in [1.82, 2.24) is 0 Å². The average Bonchev–Trinajstić information content (AvgIpc) is 2.46. The number of aliphatic hydroxyl groups excluding tert-OH is 3. The lowest BCUT2D eigenvalue weighted by Gasteiger charge is -2.36. The van der Waals surface area contributed by atoms with Gasteiger partial charge in [0.15, 0.2) is 0 Å². The maximum atomic E-state index is 9.86. The van der Waals surface area contributed by atoms with E-state index in [0.717, 1.165) is 25.7 Å². The lowest BCUT2D eigenvalue weighted by Crippen LogP contribution is -2.55. The molecule has 0 aromatic carbocycles. The number of rotatable bonds is 9. The van der Waals surface area contributed by atoms with Crippen LogP contribution in [0.5, 0.6) is 0 Å². The Morgan fingerprint density at radius 2 is 1.90 bits per heavy atom. The maximum Gasteiger partial charge on any atom is 0.111 e. The van der Waals surface area contributed by atoms with E-state index in [1.165, 1.54) is 6.42 Å². The van der Waals surface area contributed by atoms with Crippen molar-refractivity contribution < 1.29 is 24.8 Å². The van der Waals surface area contributed by atoms with E-state index in [4.69, 9.17) is 14.6 Å². The second-order valence-corrected chi connectivity index (χ2v) is 5.20. The largest absolute Gasteiger partial charge is 0.394 e. The summed E-state index contributed by atoms with van der Waals surface area (Å²) in [7, 11) is 0. The predicted molar refractivity (Wildman–Crippen MR) is 76.5 cm³/mol. The predicted octanol–water partition coefficient (Wildman–Crippen LogP) is 1.01. The quantitative estimate of drug-likeness (QED) is 0.436. The van der Waals surface area contributed by atoms with Crippen LogP contribution in [-0.4, -0.2) is 59.6 Å². The molecule has 0 amide bonds. The summed E-state index contributed by atoms with van der Waals surface area (Å²) in [6.07, 6.45) is 6.40. The first-order valence-corrected chi connectivity index (χ1v) is 7.55. The highest BCUT2D eigenvalue weighted by molar-refractivity contribution is 4.87. The van der Waals surface area contributed by atoms with Crippen LogP contribution >= 0.6 is 0 Å². The van der Waals surface area contributed by atoms with Crippen molar-refractivity contribution in [3.63, 3.8) is 0 Å². The van der Waals surface area contributed by atoms with Gasteiger partial charge in [-0.3, -0.25) is 0 Å². The molecule has 3 N–H and O–H groups in total. The summed E-state index contributed by atoms with van der Waals surface area (Å²) >= 11 is 0. The van der Waals surface area contributed by atoms with E-state index < -0.39 is 24.4 Å². The van der Waals surface area contributed by atoms with Gasteiger partial charge in [0.2, 0.25) is 0 Å². The van der Waals surface area contributed by atoms with Crippen molar-refractivity contribution in [3.8, 4) is 0 Å². The second-order valence-electron chi connectivity index (χ2n) is 5.20. The zero-order valence-electron chi connectivity index (χ0n) is 12.3. The van der Waals surface area contributed by atoms with E-state index >= 15 is 0 Å². The average molecular weight is 288 g/mol. The molecule has 4 atom stereocenters. The van der Waals surface area contributed by atoms with Crippen LogP contribution in [0.4, 0.5) is 0 Å². The number of ether oxygens (including phenoxy) is 2. The number of hydrogen-bond acceptors (Lipinski definition) is 5. The topological polar surface area (TPSA) is 79.2 Å². The molecule has 5 nitrogen and oxygen atoms in total. The molecule has 0 radical (unpaired) electrons. The van der Waals surface area contributed by atoms with E-state index in [9.17, 15) is 10.2 Å². The monoisotopic (exact) mass is 288 g/mol. The van der Waals surface area contributed by atoms with Gasteiger partial charge in [0.25, 0.3) is 0 Å². The Balaban J connectivity index is 2.10. The molecule has 1 aliphatic rings. The molecular formula is C15H28O5. The van der Waals surface area contributed by atoms with E-state index in [0.29, 0.717) is 6.61 Å². The minimum Gasteiger partial charge on any atom is -0.394 e. The summed E-state index contributed by atoms with van der Waals surface area (Å²) in [5.74, 6) is 0. The van der Waals surface area contributed by atoms with Gasteiger partial charge >= 0.3 is 0 Å². The van der Waals surface area contributed by atoms with Crippen LogP contribution < -0.4 is 0 Å². The van der Waals surface area contributed by atoms with Crippen molar-refractivity contribution in [3.05, 3.63) is 12.2 Å². The fourth-order valence-electron chi connectivity index (χ4n) is 2.16. The smallest absolute Gasteiger partial charge is 0.111 e. The summed E-state index contributed by atoms with van der Waals surface area (Å²) < 4.78 is 10.8. The van der Waals surface area contributed by atoms with Gasteiger partial charge in [0, 0.05) is 6.61 Å². The van der Waals surface area contributed by atoms with Gasteiger partial charge in [-0.25, -0.2) is 0 Å². The molecule has 5 heteroatoms. The van der Waals surface area contributed by atoms with Crippen molar-refractivity contribution >= 4 is 0 Å². The van der Waals surface area contributed by atoms with E-state index in [1.807, 2.05) is 0 Å². The van der Waals surface area contributed by atoms with Crippen LogP contribution in [0.15, 0.2) is 12.2 Å². The standard InChI is InChI=1S/C15H28O5/c1-2-3-4-5-6-7-8-9-19-13-11-20-12(10-16)14(17)15(13)18/h4-5,12-18H,2-3,6-11H2,1H3/b5-4+/t12-,13+,14-,15-/m1/s1. The van der Waals surface area contributed by atoms with Gasteiger partial charge in [-0.05, 0) is 25.7 Å². The van der Waals surface area contributed by atoms with Gasteiger partial charge in [0.1, 0.15) is 24.4 Å². The third kappa shape index (κ3) is 5.89. The van der Waals surface area contributed by atoms with E-state index in [2.05, 4.69) is 19.1 Å². The van der Waals surface area contributed by atoms with Crippen LogP contribution in [0.3, 0.4) is 0 Å². The molecule has 1 aliphatic heterocycles. The van der Waals surface area contributed by atoms with Crippen LogP contribution in [0.2, 0.25) is 0 Å². The van der Waals surface area contributed by atoms with Crippen LogP contribution in [0, 0.1) is 0 Å². The zero-order chi connectivity index (χ0) is 14.8. The van der Waals surface area contributed by atoms with E-state index in [-0.39, 0.29) is 13.2 Å². The van der Waals surface area contributed by atoms with Crippen molar-refractivity contribution in [1.29, 1.82) is 0 Å². The Labute approximate surface area is 121 Å². The van der Waals surface area contributed by atoms with Crippen LogP contribution in [0.25, 0.3) is 0 Å². The number of hydrogen-bond donors (Lipinski definition) is 3. The molecule has 0 aromatic heterocycles. The first-order chi connectivity index (χ1) is 9.70. The van der Waals surface area contributed by atoms with Gasteiger partial charge in [-0.2, -0.15) is 0 Å². The lowest BCUT2D eigenvalue weighted by atomic mass is 10.0. The Kier molecular flexibility index (Phi) is 9.05. The second kappa shape index (κ2) is 10.3. The first kappa shape index (κ1) is 17.6. The molecule has 1 saturated heterocycles. The third-order valence-corrected chi connectivity index (χ3v) is 3.49. The van der Waals surface area contributed by atoms with Crippen LogP contribution in [0.1, 0.15) is 39.0 Å². The third-order valence-electron chi connectivity index (χ3n) is 3.49. The van der Waals surface area contributed by atoms with Crippen molar-refractivity contribution in [2.75, 3.05) is 19.8 Å². The number of aliphatic hydroxyl groups is 3. The van der Waals surface area contributed by atoms with Crippen molar-refractivity contribution in [2.45, 2.75) is 63.4 Å². The molecule has 20 heavy (non-hydrogen) atoms. The number of unbranched alkanes of at least 4 members (excludes halogenated alkanes) is 3. The molecule has 118 valence electrons. The zero-order valence-corrected chi connectivity index (χ0v) is 12.3. The summed E-state index contributed by atoms with van der Waals surface area (Å²) in [4.78, 5) is 0. The Hall–Kier alpha value is -0.460. The Morgan fingerprint density at radius 1 is 1.15 bits per heavy atom. The van der Waals surface area contributed by atoms with Crippen LogP contribution in [-0.2, 0) is 9.47 Å². The Morgan fingerprint density at radius 3 is 2.60 bits per heavy atom. The highest BCUT2D eigenvalue weighted by atomic mass is 16.6. The lowest BCUT2D eigenvalue weighted by molar-refractivity contribution is -0.208. The minimum absolute atomic E-state index is 0.208. The van der Waals surface area contributed by atoms with Gasteiger partial charge in [-0.1, -0.05) is 25.5 Å². The minimum atomic E-state index is -1.09. The summed E-state index contributed by atoms with van der Waals surface area (Å²) in [5, 5.41) is 28.5. The molecular weight excluding hydrogens is 260 g/mol. The molecule has 0 unspecified atom stereocenters. The molecule has 0 spiro atoms. The highest BCUT2D eigenvalue weighted by Crippen LogP contribution is 2.18. The van der Waals surface area contributed by atoms with Gasteiger partial charge in [-0.15, -0.1) is 0 Å². The van der Waals surface area contributed by atoms with Gasteiger partial charge < -0.3 is 24.8 Å². The van der Waals surface area contributed by atoms with Crippen molar-refractivity contribution in [2.24, 2.45) is 0 Å². The fourth-order valence-corrected chi connectivity index (χ4v) is 2.16. The molecule has 0 aliphatic carbocycles. The normalized spacial score (nSPS) is 31.0.